The number of aliphatic imine (C=N–C) groups is 1. The van der Waals surface area contributed by atoms with Crippen molar-refractivity contribution in [1.82, 2.24) is 24.6 Å². The molecule has 0 aliphatic carbocycles. The second-order valence-corrected chi connectivity index (χ2v) is 5.20. The Morgan fingerprint density at radius 1 is 1.26 bits per heavy atom. The van der Waals surface area contributed by atoms with Crippen molar-refractivity contribution in [2.24, 2.45) is 4.99 Å². The van der Waals surface area contributed by atoms with E-state index in [1.807, 2.05) is 30.4 Å². The highest BCUT2D eigenvalue weighted by atomic mass is 16.5. The summed E-state index contributed by atoms with van der Waals surface area (Å²) in [5.74, 6) is 1.95. The Balaban J connectivity index is 1.89. The molecule has 0 aromatic carbocycles. The summed E-state index contributed by atoms with van der Waals surface area (Å²) in [4.78, 5) is 13.1. The minimum Gasteiger partial charge on any atom is -0.475 e. The molecular formula is C15H15N7O. The van der Waals surface area contributed by atoms with Crippen LogP contribution in [0.4, 0.5) is 11.6 Å². The van der Waals surface area contributed by atoms with Crippen LogP contribution in [0.25, 0.3) is 5.65 Å². The van der Waals surface area contributed by atoms with E-state index in [4.69, 9.17) is 4.74 Å². The van der Waals surface area contributed by atoms with Crippen LogP contribution in [-0.4, -0.2) is 43.6 Å². The molecule has 0 spiro atoms. The number of aryl methyl sites for hydroxylation is 2. The molecule has 1 N–H and O–H groups in total. The smallest absolute Gasteiger partial charge is 0.222 e. The summed E-state index contributed by atoms with van der Waals surface area (Å²) in [5.41, 5.74) is 3.11. The second kappa shape index (κ2) is 5.31. The van der Waals surface area contributed by atoms with Gasteiger partial charge in [0.1, 0.15) is 18.0 Å². The number of hydrogen-bond donors (Lipinski definition) is 1. The Hall–Kier alpha value is -3.03. The molecule has 23 heavy (non-hydrogen) atoms. The average Bonchev–Trinajstić information content (AvgIpc) is 3.19. The predicted molar refractivity (Wildman–Crippen MR) is 85.1 cm³/mol. The number of rotatable bonds is 3. The average molecular weight is 309 g/mol. The number of anilines is 2. The van der Waals surface area contributed by atoms with Crippen LogP contribution in [0.15, 0.2) is 29.5 Å². The first kappa shape index (κ1) is 13.6. The standard InChI is InChI=1S/C15H15N7O/c1-9-12(14-17-6-7-23-14)13-21-20-10(2)22(13)15(18-9)19-11-4-3-5-16-8-11/h3-5,8H,6-7H2,1-2H3,(H,18,19). The van der Waals surface area contributed by atoms with E-state index < -0.39 is 0 Å². The highest BCUT2D eigenvalue weighted by Gasteiger charge is 2.22. The van der Waals surface area contributed by atoms with Gasteiger partial charge in [-0.25, -0.2) is 14.4 Å². The fraction of sp³-hybridized carbons (Fsp3) is 0.267. The molecule has 0 unspecified atom stereocenters. The fourth-order valence-electron chi connectivity index (χ4n) is 2.59. The van der Waals surface area contributed by atoms with Crippen molar-refractivity contribution in [3.63, 3.8) is 0 Å². The van der Waals surface area contributed by atoms with E-state index in [0.717, 1.165) is 22.8 Å². The molecule has 0 atom stereocenters. The van der Waals surface area contributed by atoms with Gasteiger partial charge in [0, 0.05) is 6.20 Å². The summed E-state index contributed by atoms with van der Waals surface area (Å²) in [6.45, 7) is 5.04. The quantitative estimate of drug-likeness (QED) is 0.791. The van der Waals surface area contributed by atoms with Crippen LogP contribution >= 0.6 is 0 Å². The van der Waals surface area contributed by atoms with E-state index in [0.29, 0.717) is 30.6 Å². The predicted octanol–water partition coefficient (Wildman–Crippen LogP) is 1.66. The first-order valence-corrected chi connectivity index (χ1v) is 7.31. The zero-order valence-electron chi connectivity index (χ0n) is 12.8. The van der Waals surface area contributed by atoms with Crippen molar-refractivity contribution < 1.29 is 4.74 Å². The van der Waals surface area contributed by atoms with Gasteiger partial charge in [-0.3, -0.25) is 4.98 Å². The first-order valence-electron chi connectivity index (χ1n) is 7.31. The third-order valence-corrected chi connectivity index (χ3v) is 3.61. The summed E-state index contributed by atoms with van der Waals surface area (Å²) in [7, 11) is 0. The lowest BCUT2D eigenvalue weighted by Gasteiger charge is -2.13. The highest BCUT2D eigenvalue weighted by Crippen LogP contribution is 2.23. The molecule has 1 aliphatic rings. The minimum absolute atomic E-state index is 0.584. The van der Waals surface area contributed by atoms with Gasteiger partial charge in [0.25, 0.3) is 0 Å². The molecule has 116 valence electrons. The van der Waals surface area contributed by atoms with Crippen LogP contribution < -0.4 is 5.32 Å². The number of fused-ring (bicyclic) bond motifs is 1. The molecule has 0 bridgehead atoms. The van der Waals surface area contributed by atoms with Crippen molar-refractivity contribution in [2.45, 2.75) is 13.8 Å². The number of ether oxygens (including phenoxy) is 1. The van der Waals surface area contributed by atoms with Crippen LogP contribution in [0.3, 0.4) is 0 Å². The Morgan fingerprint density at radius 3 is 2.91 bits per heavy atom. The van der Waals surface area contributed by atoms with Crippen LogP contribution in [0.2, 0.25) is 0 Å². The summed E-state index contributed by atoms with van der Waals surface area (Å²) >= 11 is 0. The van der Waals surface area contributed by atoms with Crippen molar-refractivity contribution in [2.75, 3.05) is 18.5 Å². The molecule has 4 heterocycles. The maximum Gasteiger partial charge on any atom is 0.222 e. The lowest BCUT2D eigenvalue weighted by Crippen LogP contribution is -2.12. The molecule has 0 radical (unpaired) electrons. The van der Waals surface area contributed by atoms with E-state index in [1.54, 1.807) is 12.4 Å². The summed E-state index contributed by atoms with van der Waals surface area (Å²) in [6, 6.07) is 3.79. The van der Waals surface area contributed by atoms with Crippen LogP contribution in [0.5, 0.6) is 0 Å². The summed E-state index contributed by atoms with van der Waals surface area (Å²) in [6.07, 6.45) is 3.46. The van der Waals surface area contributed by atoms with Gasteiger partial charge >= 0.3 is 0 Å². The Labute approximate surface area is 132 Å². The molecule has 8 heteroatoms. The Bertz CT molecular complexity index is 901. The topological polar surface area (TPSA) is 89.6 Å². The molecule has 3 aromatic rings. The van der Waals surface area contributed by atoms with E-state index in [2.05, 4.69) is 30.5 Å². The molecule has 1 aliphatic heterocycles. The number of aromatic nitrogens is 5. The minimum atomic E-state index is 0.584. The van der Waals surface area contributed by atoms with Crippen LogP contribution in [0, 0.1) is 13.8 Å². The van der Waals surface area contributed by atoms with E-state index in [-0.39, 0.29) is 0 Å². The normalized spacial score (nSPS) is 13.9. The lowest BCUT2D eigenvalue weighted by molar-refractivity contribution is 0.348. The maximum atomic E-state index is 5.59. The third-order valence-electron chi connectivity index (χ3n) is 3.61. The zero-order valence-corrected chi connectivity index (χ0v) is 12.8. The van der Waals surface area contributed by atoms with E-state index in [1.165, 1.54) is 0 Å². The summed E-state index contributed by atoms with van der Waals surface area (Å²) in [5, 5.41) is 11.7. The number of pyridine rings is 1. The van der Waals surface area contributed by atoms with E-state index >= 15 is 0 Å². The number of nitrogens with zero attached hydrogens (tertiary/aromatic N) is 6. The molecule has 8 nitrogen and oxygen atoms in total. The third kappa shape index (κ3) is 2.28. The monoisotopic (exact) mass is 309 g/mol. The van der Waals surface area contributed by atoms with Crippen molar-refractivity contribution >= 4 is 23.2 Å². The van der Waals surface area contributed by atoms with Crippen LogP contribution in [-0.2, 0) is 4.74 Å². The molecule has 0 saturated heterocycles. The Kier molecular flexibility index (Phi) is 3.14. The van der Waals surface area contributed by atoms with Gasteiger partial charge in [-0.15, -0.1) is 10.2 Å². The number of nitrogens with one attached hydrogen (secondary N) is 1. The van der Waals surface area contributed by atoms with Gasteiger partial charge in [0.05, 0.1) is 24.1 Å². The van der Waals surface area contributed by atoms with Crippen molar-refractivity contribution in [3.8, 4) is 0 Å². The van der Waals surface area contributed by atoms with Crippen LogP contribution in [0.1, 0.15) is 17.1 Å². The second-order valence-electron chi connectivity index (χ2n) is 5.20. The van der Waals surface area contributed by atoms with Gasteiger partial charge in [-0.05, 0) is 26.0 Å². The molecule has 0 fully saturated rings. The lowest BCUT2D eigenvalue weighted by atomic mass is 10.2. The van der Waals surface area contributed by atoms with Crippen molar-refractivity contribution in [3.05, 3.63) is 41.6 Å². The summed E-state index contributed by atoms with van der Waals surface area (Å²) < 4.78 is 7.45. The molecule has 4 rings (SSSR count). The van der Waals surface area contributed by atoms with Gasteiger partial charge < -0.3 is 10.1 Å². The molecule has 0 amide bonds. The van der Waals surface area contributed by atoms with E-state index in [9.17, 15) is 0 Å². The SMILES string of the molecule is Cc1nc(Nc2cccnc2)n2c(C)nnc2c1C1=NCCO1. The molecule has 3 aromatic heterocycles. The van der Waals surface area contributed by atoms with Gasteiger partial charge in [-0.1, -0.05) is 0 Å². The van der Waals surface area contributed by atoms with Crippen molar-refractivity contribution in [1.29, 1.82) is 0 Å². The Morgan fingerprint density at radius 2 is 2.17 bits per heavy atom. The molecule has 0 saturated carbocycles. The van der Waals surface area contributed by atoms with Gasteiger partial charge in [-0.2, -0.15) is 0 Å². The largest absolute Gasteiger partial charge is 0.475 e. The molecular weight excluding hydrogens is 294 g/mol. The highest BCUT2D eigenvalue weighted by molar-refractivity contribution is 6.01. The van der Waals surface area contributed by atoms with Gasteiger partial charge in [0.15, 0.2) is 5.65 Å². The first-order chi connectivity index (χ1) is 11.2. The zero-order chi connectivity index (χ0) is 15.8. The van der Waals surface area contributed by atoms with Gasteiger partial charge in [0.2, 0.25) is 11.8 Å². The fourth-order valence-corrected chi connectivity index (χ4v) is 2.59. The number of hydrogen-bond acceptors (Lipinski definition) is 7. The maximum absolute atomic E-state index is 5.59.